The summed E-state index contributed by atoms with van der Waals surface area (Å²) in [4.78, 5) is 6.97. The lowest BCUT2D eigenvalue weighted by atomic mass is 10.1. The molecule has 2 heterocycles. The molecule has 0 atom stereocenters. The Kier molecular flexibility index (Phi) is 4.99. The van der Waals surface area contributed by atoms with Gasteiger partial charge in [-0.05, 0) is 49.2 Å². The van der Waals surface area contributed by atoms with Gasteiger partial charge < -0.3 is 0 Å². The first kappa shape index (κ1) is 17.1. The third-order valence-electron chi connectivity index (χ3n) is 4.56. The lowest BCUT2D eigenvalue weighted by molar-refractivity contribution is 0.180. The van der Waals surface area contributed by atoms with Crippen molar-refractivity contribution in [2.24, 2.45) is 0 Å². The van der Waals surface area contributed by atoms with Crippen LogP contribution in [0.2, 0.25) is 0 Å². The zero-order valence-electron chi connectivity index (χ0n) is 14.1. The van der Waals surface area contributed by atoms with Gasteiger partial charge in [0.15, 0.2) is 0 Å². The highest BCUT2D eigenvalue weighted by atomic mass is 32.2. The molecule has 0 saturated carbocycles. The second kappa shape index (κ2) is 7.01. The van der Waals surface area contributed by atoms with Crippen LogP contribution in [0, 0.1) is 13.8 Å². The average Bonchev–Trinajstić information content (AvgIpc) is 2.58. The predicted molar refractivity (Wildman–Crippen MR) is 94.2 cm³/mol. The molecule has 0 N–H and O–H groups in total. The SMILES string of the molecule is Cc1ccc(S(=O)(=O)N2CCN(Cc3ccccn3)CC2)cc1C. The number of hydrogen-bond donors (Lipinski definition) is 0. The standard InChI is InChI=1S/C18H23N3O2S/c1-15-6-7-18(13-16(15)2)24(22,23)21-11-9-20(10-12-21)14-17-5-3-4-8-19-17/h3-8,13H,9-12,14H2,1-2H3. The zero-order valence-corrected chi connectivity index (χ0v) is 15.0. The van der Waals surface area contributed by atoms with E-state index in [0.29, 0.717) is 18.0 Å². The van der Waals surface area contributed by atoms with Gasteiger partial charge in [0.25, 0.3) is 0 Å². The van der Waals surface area contributed by atoms with Crippen LogP contribution in [0.1, 0.15) is 16.8 Å². The molecule has 1 aliphatic heterocycles. The summed E-state index contributed by atoms with van der Waals surface area (Å²) in [6.07, 6.45) is 1.79. The molecule has 24 heavy (non-hydrogen) atoms. The topological polar surface area (TPSA) is 53.5 Å². The Bertz CT molecular complexity index is 798. The first-order valence-corrected chi connectivity index (χ1v) is 9.60. The highest BCUT2D eigenvalue weighted by Crippen LogP contribution is 2.20. The molecule has 0 spiro atoms. The molecular formula is C18H23N3O2S. The first-order chi connectivity index (χ1) is 11.5. The molecule has 128 valence electrons. The van der Waals surface area contributed by atoms with E-state index in [4.69, 9.17) is 0 Å². The van der Waals surface area contributed by atoms with E-state index in [1.807, 2.05) is 38.1 Å². The quantitative estimate of drug-likeness (QED) is 0.852. The monoisotopic (exact) mass is 345 g/mol. The van der Waals surface area contributed by atoms with Gasteiger partial charge in [-0.3, -0.25) is 9.88 Å². The molecule has 5 nitrogen and oxygen atoms in total. The van der Waals surface area contributed by atoms with Crippen molar-refractivity contribution in [3.63, 3.8) is 0 Å². The lowest BCUT2D eigenvalue weighted by Crippen LogP contribution is -2.48. The van der Waals surface area contributed by atoms with Crippen LogP contribution in [0.3, 0.4) is 0 Å². The third kappa shape index (κ3) is 3.66. The summed E-state index contributed by atoms with van der Waals surface area (Å²) in [7, 11) is -3.41. The molecule has 1 aromatic heterocycles. The normalized spacial score (nSPS) is 17.1. The lowest BCUT2D eigenvalue weighted by Gasteiger charge is -2.33. The Balaban J connectivity index is 1.66. The smallest absolute Gasteiger partial charge is 0.243 e. The van der Waals surface area contributed by atoms with Crippen LogP contribution in [0.25, 0.3) is 0 Å². The van der Waals surface area contributed by atoms with E-state index in [2.05, 4.69) is 9.88 Å². The molecule has 0 unspecified atom stereocenters. The maximum atomic E-state index is 12.8. The minimum Gasteiger partial charge on any atom is -0.295 e. The second-order valence-corrected chi connectivity index (χ2v) is 8.19. The fourth-order valence-corrected chi connectivity index (χ4v) is 4.38. The number of pyridine rings is 1. The molecular weight excluding hydrogens is 322 g/mol. The van der Waals surface area contributed by atoms with E-state index in [0.717, 1.165) is 36.5 Å². The predicted octanol–water partition coefficient (Wildman–Crippen LogP) is 2.20. The summed E-state index contributed by atoms with van der Waals surface area (Å²) >= 11 is 0. The third-order valence-corrected chi connectivity index (χ3v) is 6.45. The van der Waals surface area contributed by atoms with Crippen LogP contribution >= 0.6 is 0 Å². The van der Waals surface area contributed by atoms with Gasteiger partial charge in [0, 0.05) is 38.9 Å². The van der Waals surface area contributed by atoms with Crippen molar-refractivity contribution in [3.05, 3.63) is 59.4 Å². The van der Waals surface area contributed by atoms with E-state index in [1.165, 1.54) is 0 Å². The number of piperazine rings is 1. The van der Waals surface area contributed by atoms with Crippen molar-refractivity contribution in [1.29, 1.82) is 0 Å². The van der Waals surface area contributed by atoms with Crippen molar-refractivity contribution in [2.75, 3.05) is 26.2 Å². The number of rotatable bonds is 4. The number of aromatic nitrogens is 1. The molecule has 1 saturated heterocycles. The summed E-state index contributed by atoms with van der Waals surface area (Å²) < 4.78 is 27.2. The van der Waals surface area contributed by atoms with Crippen LogP contribution in [0.5, 0.6) is 0 Å². The van der Waals surface area contributed by atoms with Gasteiger partial charge in [-0.15, -0.1) is 0 Å². The van der Waals surface area contributed by atoms with Crippen LogP contribution < -0.4 is 0 Å². The van der Waals surface area contributed by atoms with E-state index >= 15 is 0 Å². The van der Waals surface area contributed by atoms with E-state index in [-0.39, 0.29) is 0 Å². The van der Waals surface area contributed by atoms with Gasteiger partial charge in [0.2, 0.25) is 10.0 Å². The van der Waals surface area contributed by atoms with Gasteiger partial charge in [0.05, 0.1) is 10.6 Å². The summed E-state index contributed by atoms with van der Waals surface area (Å²) in [5.74, 6) is 0. The molecule has 1 aromatic carbocycles. The number of aryl methyl sites for hydroxylation is 2. The summed E-state index contributed by atoms with van der Waals surface area (Å²) in [6.45, 7) is 7.17. The van der Waals surface area contributed by atoms with Crippen molar-refractivity contribution >= 4 is 10.0 Å². The molecule has 1 aliphatic rings. The molecule has 0 radical (unpaired) electrons. The molecule has 3 rings (SSSR count). The van der Waals surface area contributed by atoms with Gasteiger partial charge in [-0.2, -0.15) is 4.31 Å². The summed E-state index contributed by atoms with van der Waals surface area (Å²) in [6, 6.07) is 11.2. The van der Waals surface area contributed by atoms with Crippen molar-refractivity contribution in [1.82, 2.24) is 14.2 Å². The summed E-state index contributed by atoms with van der Waals surface area (Å²) in [5.41, 5.74) is 3.13. The number of benzene rings is 1. The van der Waals surface area contributed by atoms with Gasteiger partial charge >= 0.3 is 0 Å². The average molecular weight is 345 g/mol. The van der Waals surface area contributed by atoms with Crippen LogP contribution in [-0.4, -0.2) is 48.8 Å². The van der Waals surface area contributed by atoms with Gasteiger partial charge in [0.1, 0.15) is 0 Å². The number of hydrogen-bond acceptors (Lipinski definition) is 4. The minimum atomic E-state index is -3.41. The Morgan fingerprint density at radius 3 is 2.38 bits per heavy atom. The highest BCUT2D eigenvalue weighted by molar-refractivity contribution is 7.89. The van der Waals surface area contributed by atoms with Crippen LogP contribution in [0.4, 0.5) is 0 Å². The van der Waals surface area contributed by atoms with E-state index < -0.39 is 10.0 Å². The van der Waals surface area contributed by atoms with Gasteiger partial charge in [-0.25, -0.2) is 8.42 Å². The maximum Gasteiger partial charge on any atom is 0.243 e. The van der Waals surface area contributed by atoms with Crippen molar-refractivity contribution in [2.45, 2.75) is 25.3 Å². The van der Waals surface area contributed by atoms with Gasteiger partial charge in [-0.1, -0.05) is 12.1 Å². The molecule has 0 bridgehead atoms. The fourth-order valence-electron chi connectivity index (χ4n) is 2.87. The minimum absolute atomic E-state index is 0.392. The zero-order chi connectivity index (χ0) is 17.2. The molecule has 0 aliphatic carbocycles. The van der Waals surface area contributed by atoms with Crippen LogP contribution in [-0.2, 0) is 16.6 Å². The Morgan fingerprint density at radius 1 is 1.00 bits per heavy atom. The number of sulfonamides is 1. The molecule has 2 aromatic rings. The van der Waals surface area contributed by atoms with Crippen molar-refractivity contribution in [3.8, 4) is 0 Å². The Labute approximate surface area is 144 Å². The second-order valence-electron chi connectivity index (χ2n) is 6.25. The molecule has 0 amide bonds. The molecule has 6 heteroatoms. The number of nitrogens with zero attached hydrogens (tertiary/aromatic N) is 3. The Morgan fingerprint density at radius 2 is 1.75 bits per heavy atom. The van der Waals surface area contributed by atoms with E-state index in [1.54, 1.807) is 22.6 Å². The fraction of sp³-hybridized carbons (Fsp3) is 0.389. The van der Waals surface area contributed by atoms with E-state index in [9.17, 15) is 8.42 Å². The maximum absolute atomic E-state index is 12.8. The molecule has 1 fully saturated rings. The Hall–Kier alpha value is -1.76. The first-order valence-electron chi connectivity index (χ1n) is 8.16. The van der Waals surface area contributed by atoms with Crippen LogP contribution in [0.15, 0.2) is 47.5 Å². The largest absolute Gasteiger partial charge is 0.295 e. The summed E-state index contributed by atoms with van der Waals surface area (Å²) in [5, 5.41) is 0. The highest BCUT2D eigenvalue weighted by Gasteiger charge is 2.28. The van der Waals surface area contributed by atoms with Crippen molar-refractivity contribution < 1.29 is 8.42 Å².